The van der Waals surface area contributed by atoms with Gasteiger partial charge in [0.25, 0.3) is 0 Å². The smallest absolute Gasteiger partial charge is 0.348 e. The molecule has 28 heavy (non-hydrogen) atoms. The molecule has 0 aliphatic carbocycles. The number of benzene rings is 2. The predicted octanol–water partition coefficient (Wildman–Crippen LogP) is 3.89. The van der Waals surface area contributed by atoms with Crippen molar-refractivity contribution in [1.82, 2.24) is 4.98 Å². The van der Waals surface area contributed by atoms with E-state index in [4.69, 9.17) is 4.42 Å². The number of para-hydroxylation sites is 2. The number of aromatic hydroxyl groups is 1. The van der Waals surface area contributed by atoms with Crippen molar-refractivity contribution in [1.29, 1.82) is 0 Å². The molecule has 140 valence electrons. The van der Waals surface area contributed by atoms with Crippen LogP contribution in [-0.2, 0) is 0 Å². The average molecular weight is 373 g/mol. The number of aliphatic imine (C=N–C) groups is 1. The van der Waals surface area contributed by atoms with Gasteiger partial charge in [0.2, 0.25) is 0 Å². The van der Waals surface area contributed by atoms with Gasteiger partial charge in [-0.05, 0) is 36.8 Å². The molecule has 4 rings (SSSR count). The highest BCUT2D eigenvalue weighted by Gasteiger charge is 2.11. The molecule has 0 atom stereocenters. The zero-order chi connectivity index (χ0) is 19.5. The van der Waals surface area contributed by atoms with Gasteiger partial charge in [-0.25, -0.2) is 9.78 Å². The first-order valence-electron chi connectivity index (χ1n) is 8.98. The van der Waals surface area contributed by atoms with Gasteiger partial charge in [-0.15, -0.1) is 0 Å². The summed E-state index contributed by atoms with van der Waals surface area (Å²) in [6, 6.07) is 16.8. The van der Waals surface area contributed by atoms with Gasteiger partial charge >= 0.3 is 5.63 Å². The highest BCUT2D eigenvalue weighted by molar-refractivity contribution is 5.93. The van der Waals surface area contributed by atoms with Crippen LogP contribution in [0.1, 0.15) is 11.1 Å². The number of pyridine rings is 1. The number of nitrogens with one attached hydrogen (secondary N) is 1. The normalized spacial score (nSPS) is 11.5. The van der Waals surface area contributed by atoms with E-state index in [1.165, 1.54) is 6.21 Å². The first-order valence-corrected chi connectivity index (χ1v) is 8.98. The number of hydrogen-bond donors (Lipinski definition) is 2. The maximum Gasteiger partial charge on any atom is 0.348 e. The summed E-state index contributed by atoms with van der Waals surface area (Å²) in [6.45, 7) is 3.01. The Morgan fingerprint density at radius 2 is 1.89 bits per heavy atom. The lowest BCUT2D eigenvalue weighted by molar-refractivity contribution is 0.466. The van der Waals surface area contributed by atoms with Crippen molar-refractivity contribution < 1.29 is 9.52 Å². The molecule has 2 heterocycles. The standard InChI is InChI=1S/C22H19N3O3/c1-14-12-20(25-18-8-4-2-6-15(14)18)24-11-10-23-13-17-21(26)16-7-3-5-9-19(16)28-22(17)27/h2-9,12-13,26H,10-11H2,1H3,(H,24,25). The number of rotatable bonds is 5. The van der Waals surface area contributed by atoms with E-state index in [0.29, 0.717) is 24.1 Å². The maximum atomic E-state index is 12.1. The van der Waals surface area contributed by atoms with Crippen LogP contribution in [0.5, 0.6) is 5.75 Å². The molecule has 0 aliphatic rings. The van der Waals surface area contributed by atoms with Crippen molar-refractivity contribution in [2.45, 2.75) is 6.92 Å². The Hall–Kier alpha value is -3.67. The minimum Gasteiger partial charge on any atom is -0.506 e. The van der Waals surface area contributed by atoms with Crippen LogP contribution in [0, 0.1) is 6.92 Å². The molecule has 0 spiro atoms. The van der Waals surface area contributed by atoms with Crippen LogP contribution in [0.4, 0.5) is 5.82 Å². The fraction of sp³-hybridized carbons (Fsp3) is 0.136. The van der Waals surface area contributed by atoms with Crippen LogP contribution >= 0.6 is 0 Å². The zero-order valence-corrected chi connectivity index (χ0v) is 15.3. The Morgan fingerprint density at radius 1 is 1.14 bits per heavy atom. The van der Waals surface area contributed by atoms with Gasteiger partial charge in [-0.3, -0.25) is 4.99 Å². The number of fused-ring (bicyclic) bond motifs is 2. The summed E-state index contributed by atoms with van der Waals surface area (Å²) >= 11 is 0. The number of nitrogens with zero attached hydrogens (tertiary/aromatic N) is 2. The molecular weight excluding hydrogens is 354 g/mol. The summed E-state index contributed by atoms with van der Waals surface area (Å²) in [5.41, 5.74) is 1.88. The first kappa shape index (κ1) is 17.7. The molecule has 2 aromatic carbocycles. The van der Waals surface area contributed by atoms with Gasteiger partial charge in [0.1, 0.15) is 22.7 Å². The maximum absolute atomic E-state index is 12.1. The molecule has 2 N–H and O–H groups in total. The zero-order valence-electron chi connectivity index (χ0n) is 15.3. The van der Waals surface area contributed by atoms with Gasteiger partial charge in [-0.1, -0.05) is 30.3 Å². The second kappa shape index (κ2) is 7.52. The molecule has 2 aromatic heterocycles. The molecular formula is C22H19N3O3. The lowest BCUT2D eigenvalue weighted by Crippen LogP contribution is -2.09. The fourth-order valence-electron chi connectivity index (χ4n) is 3.11. The number of aryl methyl sites for hydroxylation is 1. The van der Waals surface area contributed by atoms with Crippen molar-refractivity contribution in [2.75, 3.05) is 18.4 Å². The summed E-state index contributed by atoms with van der Waals surface area (Å²) in [4.78, 5) is 20.9. The topological polar surface area (TPSA) is 87.7 Å². The van der Waals surface area contributed by atoms with E-state index in [0.717, 1.165) is 22.3 Å². The van der Waals surface area contributed by atoms with Crippen molar-refractivity contribution in [2.24, 2.45) is 4.99 Å². The SMILES string of the molecule is Cc1cc(NCCN=Cc2c(O)c3ccccc3oc2=O)nc2ccccc12. The molecule has 0 bridgehead atoms. The molecule has 0 aliphatic heterocycles. The molecule has 0 unspecified atom stereocenters. The van der Waals surface area contributed by atoms with Gasteiger partial charge in [0.15, 0.2) is 0 Å². The highest BCUT2D eigenvalue weighted by atomic mass is 16.4. The van der Waals surface area contributed by atoms with Crippen LogP contribution in [0.15, 0.2) is 68.8 Å². The lowest BCUT2D eigenvalue weighted by atomic mass is 10.1. The van der Waals surface area contributed by atoms with E-state index in [9.17, 15) is 9.90 Å². The van der Waals surface area contributed by atoms with E-state index >= 15 is 0 Å². The fourth-order valence-corrected chi connectivity index (χ4v) is 3.11. The highest BCUT2D eigenvalue weighted by Crippen LogP contribution is 2.24. The third-order valence-corrected chi connectivity index (χ3v) is 4.51. The van der Waals surface area contributed by atoms with Crippen LogP contribution in [0.2, 0.25) is 0 Å². The van der Waals surface area contributed by atoms with Crippen molar-refractivity contribution in [3.63, 3.8) is 0 Å². The van der Waals surface area contributed by atoms with E-state index in [1.807, 2.05) is 30.3 Å². The van der Waals surface area contributed by atoms with Gasteiger partial charge < -0.3 is 14.8 Å². The Labute approximate surface area is 161 Å². The van der Waals surface area contributed by atoms with Gasteiger partial charge in [-0.2, -0.15) is 0 Å². The average Bonchev–Trinajstić information content (AvgIpc) is 2.70. The number of anilines is 1. The van der Waals surface area contributed by atoms with Crippen LogP contribution in [-0.4, -0.2) is 29.4 Å². The Balaban J connectivity index is 1.45. The third kappa shape index (κ3) is 3.44. The summed E-state index contributed by atoms with van der Waals surface area (Å²) in [5, 5.41) is 15.2. The Kier molecular flexibility index (Phi) is 4.76. The summed E-state index contributed by atoms with van der Waals surface area (Å²) in [6.07, 6.45) is 1.36. The lowest BCUT2D eigenvalue weighted by Gasteiger charge is -2.08. The monoisotopic (exact) mass is 373 g/mol. The van der Waals surface area contributed by atoms with Gasteiger partial charge in [0.05, 0.1) is 17.4 Å². The Bertz CT molecular complexity index is 1240. The van der Waals surface area contributed by atoms with Gasteiger partial charge in [0, 0.05) is 18.1 Å². The van der Waals surface area contributed by atoms with Crippen LogP contribution in [0.25, 0.3) is 21.9 Å². The van der Waals surface area contributed by atoms with Crippen molar-refractivity contribution >= 4 is 33.9 Å². The minimum atomic E-state index is -0.611. The van der Waals surface area contributed by atoms with Crippen LogP contribution < -0.4 is 10.9 Å². The van der Waals surface area contributed by atoms with Crippen molar-refractivity contribution in [3.8, 4) is 5.75 Å². The Morgan fingerprint density at radius 3 is 2.75 bits per heavy atom. The molecule has 6 nitrogen and oxygen atoms in total. The molecule has 0 saturated heterocycles. The first-order chi connectivity index (χ1) is 13.6. The molecule has 0 fully saturated rings. The van der Waals surface area contributed by atoms with Crippen molar-refractivity contribution in [3.05, 3.63) is 76.1 Å². The minimum absolute atomic E-state index is 0.0541. The van der Waals surface area contributed by atoms with E-state index in [1.54, 1.807) is 24.3 Å². The number of aromatic nitrogens is 1. The van der Waals surface area contributed by atoms with E-state index in [-0.39, 0.29) is 11.3 Å². The molecule has 6 heteroatoms. The quantitative estimate of drug-likeness (QED) is 0.315. The second-order valence-corrected chi connectivity index (χ2v) is 6.45. The molecule has 0 amide bonds. The molecule has 4 aromatic rings. The summed E-state index contributed by atoms with van der Waals surface area (Å²) in [7, 11) is 0. The van der Waals surface area contributed by atoms with E-state index in [2.05, 4.69) is 22.2 Å². The summed E-state index contributed by atoms with van der Waals surface area (Å²) in [5.74, 6) is 0.662. The number of hydrogen-bond acceptors (Lipinski definition) is 6. The molecule has 0 radical (unpaired) electrons. The third-order valence-electron chi connectivity index (χ3n) is 4.51. The largest absolute Gasteiger partial charge is 0.506 e. The second-order valence-electron chi connectivity index (χ2n) is 6.45. The predicted molar refractivity (Wildman–Crippen MR) is 112 cm³/mol. The molecule has 0 saturated carbocycles. The summed E-state index contributed by atoms with van der Waals surface area (Å²) < 4.78 is 5.22. The van der Waals surface area contributed by atoms with E-state index < -0.39 is 5.63 Å². The van der Waals surface area contributed by atoms with Crippen LogP contribution in [0.3, 0.4) is 0 Å².